The van der Waals surface area contributed by atoms with Crippen molar-refractivity contribution < 1.29 is 18.7 Å². The van der Waals surface area contributed by atoms with Crippen molar-refractivity contribution in [3.63, 3.8) is 0 Å². The molecular formula is C14H14FN3O3. The number of nitrogens with one attached hydrogen (secondary N) is 1. The summed E-state index contributed by atoms with van der Waals surface area (Å²) in [6, 6.07) is 5.47. The molecule has 0 fully saturated rings. The number of benzene rings is 1. The van der Waals surface area contributed by atoms with Crippen molar-refractivity contribution in [2.24, 2.45) is 0 Å². The third kappa shape index (κ3) is 3.19. The van der Waals surface area contributed by atoms with Crippen LogP contribution in [0.3, 0.4) is 0 Å². The van der Waals surface area contributed by atoms with Gasteiger partial charge in [0, 0.05) is 6.07 Å². The topological polar surface area (TPSA) is 86.5 Å². The first-order chi connectivity index (χ1) is 10.0. The monoisotopic (exact) mass is 291 g/mol. The molecule has 6 nitrogen and oxygen atoms in total. The summed E-state index contributed by atoms with van der Waals surface area (Å²) in [7, 11) is 2.69. The minimum atomic E-state index is -0.566. The number of aromatic nitrogens is 1. The largest absolute Gasteiger partial charge is 0.494 e. The van der Waals surface area contributed by atoms with Crippen LogP contribution in [0.1, 0.15) is 10.4 Å². The maximum absolute atomic E-state index is 13.1. The van der Waals surface area contributed by atoms with Gasteiger partial charge < -0.3 is 20.5 Å². The average Bonchev–Trinajstić information content (AvgIpc) is 2.50. The summed E-state index contributed by atoms with van der Waals surface area (Å²) < 4.78 is 22.8. The van der Waals surface area contributed by atoms with Crippen LogP contribution < -0.4 is 15.8 Å². The molecule has 110 valence electrons. The second kappa shape index (κ2) is 6.08. The van der Waals surface area contributed by atoms with Crippen LogP contribution in [0.15, 0.2) is 30.5 Å². The summed E-state index contributed by atoms with van der Waals surface area (Å²) >= 11 is 0. The van der Waals surface area contributed by atoms with Gasteiger partial charge in [0.15, 0.2) is 0 Å². The lowest BCUT2D eigenvalue weighted by atomic mass is 10.2. The summed E-state index contributed by atoms with van der Waals surface area (Å²) in [5.74, 6) is -0.315. The third-order valence-corrected chi connectivity index (χ3v) is 2.77. The first kappa shape index (κ1) is 14.6. The van der Waals surface area contributed by atoms with Crippen LogP contribution in [0.5, 0.6) is 5.75 Å². The Hall–Kier alpha value is -2.83. The van der Waals surface area contributed by atoms with Crippen LogP contribution in [-0.4, -0.2) is 25.2 Å². The van der Waals surface area contributed by atoms with E-state index in [4.69, 9.17) is 10.5 Å². The number of methoxy groups -OCH3 is 2. The molecule has 1 aromatic heterocycles. The maximum Gasteiger partial charge on any atom is 0.340 e. The number of ether oxygens (including phenoxy) is 2. The molecule has 0 atom stereocenters. The number of nitrogens with two attached hydrogens (primary N) is 1. The minimum Gasteiger partial charge on any atom is -0.494 e. The van der Waals surface area contributed by atoms with Gasteiger partial charge in [0.2, 0.25) is 0 Å². The summed E-state index contributed by atoms with van der Waals surface area (Å²) in [6.07, 6.45) is 1.34. The van der Waals surface area contributed by atoms with Crippen molar-refractivity contribution in [2.45, 2.75) is 0 Å². The Balaban J connectivity index is 2.34. The van der Waals surface area contributed by atoms with E-state index in [-0.39, 0.29) is 11.3 Å². The molecule has 7 heteroatoms. The number of hydrogen-bond donors (Lipinski definition) is 2. The van der Waals surface area contributed by atoms with E-state index in [0.717, 1.165) is 0 Å². The predicted molar refractivity (Wildman–Crippen MR) is 76.2 cm³/mol. The summed E-state index contributed by atoms with van der Waals surface area (Å²) in [5, 5.41) is 2.93. The Morgan fingerprint density at radius 3 is 2.76 bits per heavy atom. The molecule has 0 spiro atoms. The third-order valence-electron chi connectivity index (χ3n) is 2.77. The van der Waals surface area contributed by atoms with Crippen LogP contribution >= 0.6 is 0 Å². The van der Waals surface area contributed by atoms with Crippen LogP contribution in [-0.2, 0) is 4.74 Å². The smallest absolute Gasteiger partial charge is 0.340 e. The van der Waals surface area contributed by atoms with E-state index in [2.05, 4.69) is 15.0 Å². The first-order valence-electron chi connectivity index (χ1n) is 5.99. The Morgan fingerprint density at radius 1 is 1.33 bits per heavy atom. The molecule has 0 radical (unpaired) electrons. The molecule has 0 unspecified atom stereocenters. The molecule has 0 bridgehead atoms. The van der Waals surface area contributed by atoms with E-state index in [1.165, 1.54) is 44.7 Å². The maximum atomic E-state index is 13.1. The SMILES string of the molecule is COC(=O)c1cc(Nc2ccc(F)cc2OC)ncc1N. The molecule has 0 aliphatic rings. The predicted octanol–water partition coefficient (Wildman–Crippen LogP) is 2.34. The standard InChI is InChI=1S/C14H14FN3O3/c1-20-12-5-8(15)3-4-11(12)18-13-6-9(14(19)21-2)10(16)7-17-13/h3-7H,16H2,1-2H3,(H,17,18). The van der Waals surface area contributed by atoms with Gasteiger partial charge in [-0.15, -0.1) is 0 Å². The second-order valence-electron chi connectivity index (χ2n) is 4.12. The van der Waals surface area contributed by atoms with E-state index < -0.39 is 11.8 Å². The highest BCUT2D eigenvalue weighted by Crippen LogP contribution is 2.28. The molecule has 3 N–H and O–H groups in total. The van der Waals surface area contributed by atoms with Crippen LogP contribution in [0.4, 0.5) is 21.6 Å². The molecule has 2 aromatic rings. The quantitative estimate of drug-likeness (QED) is 0.841. The lowest BCUT2D eigenvalue weighted by Crippen LogP contribution is -2.07. The number of carbonyl (C=O) groups is 1. The number of carbonyl (C=O) groups excluding carboxylic acids is 1. The van der Waals surface area contributed by atoms with Gasteiger partial charge in [0.1, 0.15) is 17.4 Å². The van der Waals surface area contributed by atoms with E-state index in [0.29, 0.717) is 17.3 Å². The Labute approximate surface area is 120 Å². The lowest BCUT2D eigenvalue weighted by molar-refractivity contribution is 0.0602. The molecule has 0 amide bonds. The highest BCUT2D eigenvalue weighted by molar-refractivity contribution is 5.95. The van der Waals surface area contributed by atoms with Crippen molar-refractivity contribution in [3.8, 4) is 5.75 Å². The molecular weight excluding hydrogens is 277 g/mol. The minimum absolute atomic E-state index is 0.191. The lowest BCUT2D eigenvalue weighted by Gasteiger charge is -2.12. The van der Waals surface area contributed by atoms with Crippen LogP contribution in [0.25, 0.3) is 0 Å². The van der Waals surface area contributed by atoms with E-state index >= 15 is 0 Å². The second-order valence-corrected chi connectivity index (χ2v) is 4.12. The average molecular weight is 291 g/mol. The van der Waals surface area contributed by atoms with E-state index in [1.807, 2.05) is 0 Å². The number of pyridine rings is 1. The van der Waals surface area contributed by atoms with Crippen molar-refractivity contribution in [2.75, 3.05) is 25.3 Å². The van der Waals surface area contributed by atoms with Crippen molar-refractivity contribution in [1.82, 2.24) is 4.98 Å². The molecule has 0 aliphatic carbocycles. The molecule has 1 heterocycles. The van der Waals surface area contributed by atoms with E-state index in [1.54, 1.807) is 0 Å². The van der Waals surface area contributed by atoms with Crippen molar-refractivity contribution >= 4 is 23.2 Å². The zero-order chi connectivity index (χ0) is 15.4. The zero-order valence-electron chi connectivity index (χ0n) is 11.5. The Morgan fingerprint density at radius 2 is 2.10 bits per heavy atom. The molecule has 0 saturated heterocycles. The van der Waals surface area contributed by atoms with Gasteiger partial charge in [0.05, 0.1) is 37.4 Å². The van der Waals surface area contributed by atoms with Gasteiger partial charge >= 0.3 is 5.97 Å². The van der Waals surface area contributed by atoms with Crippen LogP contribution in [0.2, 0.25) is 0 Å². The highest BCUT2D eigenvalue weighted by atomic mass is 19.1. The number of nitrogens with zero attached hydrogens (tertiary/aromatic N) is 1. The number of rotatable bonds is 4. The fourth-order valence-electron chi connectivity index (χ4n) is 1.73. The molecule has 21 heavy (non-hydrogen) atoms. The van der Waals surface area contributed by atoms with Gasteiger partial charge in [-0.05, 0) is 18.2 Å². The summed E-state index contributed by atoms with van der Waals surface area (Å²) in [6.45, 7) is 0. The number of anilines is 3. The molecule has 2 rings (SSSR count). The Kier molecular flexibility index (Phi) is 4.22. The van der Waals surface area contributed by atoms with Crippen molar-refractivity contribution in [3.05, 3.63) is 41.8 Å². The molecule has 1 aromatic carbocycles. The van der Waals surface area contributed by atoms with Gasteiger partial charge in [-0.3, -0.25) is 0 Å². The summed E-state index contributed by atoms with van der Waals surface area (Å²) in [4.78, 5) is 15.6. The van der Waals surface area contributed by atoms with Crippen molar-refractivity contribution in [1.29, 1.82) is 0 Å². The summed E-state index contributed by atoms with van der Waals surface area (Å²) in [5.41, 5.74) is 6.57. The number of esters is 1. The number of halogens is 1. The number of hydrogen-bond acceptors (Lipinski definition) is 6. The fraction of sp³-hybridized carbons (Fsp3) is 0.143. The number of nitrogen functional groups attached to an aromatic ring is 1. The first-order valence-corrected chi connectivity index (χ1v) is 5.99. The normalized spacial score (nSPS) is 10.0. The Bertz CT molecular complexity index is 677. The highest BCUT2D eigenvalue weighted by Gasteiger charge is 2.13. The molecule has 0 saturated carbocycles. The van der Waals surface area contributed by atoms with Gasteiger partial charge in [-0.25, -0.2) is 14.2 Å². The van der Waals surface area contributed by atoms with Gasteiger partial charge in [-0.1, -0.05) is 0 Å². The fourth-order valence-corrected chi connectivity index (χ4v) is 1.73. The molecule has 0 aliphatic heterocycles. The van der Waals surface area contributed by atoms with Gasteiger partial charge in [-0.2, -0.15) is 0 Å². The van der Waals surface area contributed by atoms with Crippen LogP contribution in [0, 0.1) is 5.82 Å². The van der Waals surface area contributed by atoms with E-state index in [9.17, 15) is 9.18 Å². The zero-order valence-corrected chi connectivity index (χ0v) is 11.5. The van der Waals surface area contributed by atoms with Gasteiger partial charge in [0.25, 0.3) is 0 Å².